The summed E-state index contributed by atoms with van der Waals surface area (Å²) in [5.41, 5.74) is 0. The molecule has 0 aromatic heterocycles. The van der Waals surface area contributed by atoms with E-state index in [1.54, 1.807) is 0 Å². The smallest absolute Gasteiger partial charge is 0.0574 e. The second-order valence-electron chi connectivity index (χ2n) is 6.62. The van der Waals surface area contributed by atoms with E-state index in [1.807, 2.05) is 0 Å². The van der Waals surface area contributed by atoms with E-state index in [-0.39, 0.29) is 6.10 Å². The van der Waals surface area contributed by atoms with Gasteiger partial charge in [-0.05, 0) is 55.8 Å². The Morgan fingerprint density at radius 1 is 1.00 bits per heavy atom. The second-order valence-corrected chi connectivity index (χ2v) is 6.62. The third kappa shape index (κ3) is 1.70. The lowest BCUT2D eigenvalue weighted by Gasteiger charge is -2.41. The zero-order valence-electron chi connectivity index (χ0n) is 10.5. The normalized spacial score (nSPS) is 51.0. The van der Waals surface area contributed by atoms with E-state index in [1.165, 1.54) is 25.7 Å². The maximum Gasteiger partial charge on any atom is 0.0574 e. The van der Waals surface area contributed by atoms with Crippen molar-refractivity contribution in [2.75, 3.05) is 0 Å². The van der Waals surface area contributed by atoms with Gasteiger partial charge >= 0.3 is 0 Å². The molecule has 92 valence electrons. The summed E-state index contributed by atoms with van der Waals surface area (Å²) in [6.45, 7) is 4.49. The fourth-order valence-corrected chi connectivity index (χ4v) is 4.82. The van der Waals surface area contributed by atoms with E-state index in [0.717, 1.165) is 30.2 Å². The number of fused-ring (bicyclic) bond motifs is 5. The number of aliphatic hydroxyl groups excluding tert-OH is 1. The van der Waals surface area contributed by atoms with Crippen LogP contribution in [0.25, 0.3) is 0 Å². The highest BCUT2D eigenvalue weighted by molar-refractivity contribution is 5.04. The van der Waals surface area contributed by atoms with Crippen molar-refractivity contribution in [3.8, 4) is 0 Å². The summed E-state index contributed by atoms with van der Waals surface area (Å²) in [6, 6.07) is 1.36. The Morgan fingerprint density at radius 2 is 1.81 bits per heavy atom. The summed E-state index contributed by atoms with van der Waals surface area (Å²) in [4.78, 5) is 0. The first kappa shape index (κ1) is 11.0. The van der Waals surface area contributed by atoms with Gasteiger partial charge in [0.25, 0.3) is 0 Å². The molecule has 0 aromatic carbocycles. The minimum atomic E-state index is 0.0425. The number of hydrogen-bond acceptors (Lipinski definition) is 2. The van der Waals surface area contributed by atoms with Gasteiger partial charge in [0.1, 0.15) is 0 Å². The van der Waals surface area contributed by atoms with E-state index < -0.39 is 0 Å². The fourth-order valence-electron chi connectivity index (χ4n) is 4.82. The third-order valence-corrected chi connectivity index (χ3v) is 5.29. The SMILES string of the molecule is CC(C)NC1CCC2C3CC(CC3O)C2C1. The summed E-state index contributed by atoms with van der Waals surface area (Å²) in [5, 5.41) is 13.7. The van der Waals surface area contributed by atoms with Crippen LogP contribution in [0, 0.1) is 23.7 Å². The van der Waals surface area contributed by atoms with E-state index in [0.29, 0.717) is 12.0 Å². The highest BCUT2D eigenvalue weighted by Crippen LogP contribution is 2.57. The Hall–Kier alpha value is -0.0800. The van der Waals surface area contributed by atoms with Gasteiger partial charge in [-0.3, -0.25) is 0 Å². The monoisotopic (exact) mass is 223 g/mol. The van der Waals surface area contributed by atoms with Gasteiger partial charge in [-0.1, -0.05) is 13.8 Å². The van der Waals surface area contributed by atoms with E-state index in [9.17, 15) is 5.11 Å². The summed E-state index contributed by atoms with van der Waals surface area (Å²) >= 11 is 0. The molecular weight excluding hydrogens is 198 g/mol. The molecule has 3 fully saturated rings. The fraction of sp³-hybridized carbons (Fsp3) is 1.00. The molecule has 0 amide bonds. The van der Waals surface area contributed by atoms with E-state index in [4.69, 9.17) is 0 Å². The van der Waals surface area contributed by atoms with E-state index >= 15 is 0 Å². The number of aliphatic hydroxyl groups is 1. The Morgan fingerprint density at radius 3 is 2.56 bits per heavy atom. The molecule has 0 radical (unpaired) electrons. The topological polar surface area (TPSA) is 32.3 Å². The number of hydrogen-bond donors (Lipinski definition) is 2. The Bertz CT molecular complexity index is 265. The van der Waals surface area contributed by atoms with Gasteiger partial charge in [0.15, 0.2) is 0 Å². The predicted molar refractivity (Wildman–Crippen MR) is 65.1 cm³/mol. The molecule has 2 heteroatoms. The van der Waals surface area contributed by atoms with Gasteiger partial charge in [0, 0.05) is 12.1 Å². The molecule has 2 nitrogen and oxygen atoms in total. The van der Waals surface area contributed by atoms with Crippen molar-refractivity contribution in [2.24, 2.45) is 23.7 Å². The van der Waals surface area contributed by atoms with Crippen LogP contribution in [-0.4, -0.2) is 23.3 Å². The molecule has 0 aromatic rings. The predicted octanol–water partition coefficient (Wildman–Crippen LogP) is 2.17. The van der Waals surface area contributed by atoms with Crippen LogP contribution in [0.5, 0.6) is 0 Å². The standard InChI is InChI=1S/C14H25NO/c1-8(2)15-10-3-4-11-12(7-10)9-5-13(11)14(16)6-9/h8-16H,3-7H2,1-2H3. The Kier molecular flexibility index (Phi) is 2.75. The highest BCUT2D eigenvalue weighted by atomic mass is 16.3. The minimum absolute atomic E-state index is 0.0425. The van der Waals surface area contributed by atoms with Crippen molar-refractivity contribution in [2.45, 2.75) is 64.1 Å². The molecule has 6 unspecified atom stereocenters. The van der Waals surface area contributed by atoms with Gasteiger partial charge in [0.05, 0.1) is 6.10 Å². The van der Waals surface area contributed by atoms with Crippen molar-refractivity contribution < 1.29 is 5.11 Å². The molecule has 6 atom stereocenters. The van der Waals surface area contributed by atoms with Gasteiger partial charge in [-0.25, -0.2) is 0 Å². The van der Waals surface area contributed by atoms with Gasteiger partial charge in [0.2, 0.25) is 0 Å². The first-order valence-electron chi connectivity index (χ1n) is 7.09. The average molecular weight is 223 g/mol. The number of nitrogens with one attached hydrogen (secondary N) is 1. The molecule has 0 aliphatic heterocycles. The van der Waals surface area contributed by atoms with Crippen LogP contribution in [-0.2, 0) is 0 Å². The van der Waals surface area contributed by atoms with Gasteiger partial charge in [-0.2, -0.15) is 0 Å². The molecule has 3 rings (SSSR count). The summed E-state index contributed by atoms with van der Waals surface area (Å²) in [5.74, 6) is 3.30. The lowest BCUT2D eigenvalue weighted by molar-refractivity contribution is 0.0266. The summed E-state index contributed by atoms with van der Waals surface area (Å²) in [6.07, 6.45) is 6.52. The van der Waals surface area contributed by atoms with Gasteiger partial charge < -0.3 is 10.4 Å². The van der Waals surface area contributed by atoms with Crippen LogP contribution in [0.3, 0.4) is 0 Å². The van der Waals surface area contributed by atoms with Crippen molar-refractivity contribution in [3.05, 3.63) is 0 Å². The molecule has 3 aliphatic carbocycles. The summed E-state index contributed by atoms with van der Waals surface area (Å²) in [7, 11) is 0. The van der Waals surface area contributed by atoms with Crippen molar-refractivity contribution in [1.82, 2.24) is 5.32 Å². The Labute approximate surface area is 98.8 Å². The molecule has 0 spiro atoms. The van der Waals surface area contributed by atoms with Crippen molar-refractivity contribution in [3.63, 3.8) is 0 Å². The lowest BCUT2D eigenvalue weighted by Crippen LogP contribution is -2.44. The molecule has 2 bridgehead atoms. The molecule has 16 heavy (non-hydrogen) atoms. The molecule has 2 N–H and O–H groups in total. The zero-order valence-corrected chi connectivity index (χ0v) is 10.5. The molecule has 0 heterocycles. The molecule has 0 saturated heterocycles. The molecule has 3 aliphatic rings. The van der Waals surface area contributed by atoms with Gasteiger partial charge in [-0.15, -0.1) is 0 Å². The van der Waals surface area contributed by atoms with Crippen LogP contribution in [0.15, 0.2) is 0 Å². The van der Waals surface area contributed by atoms with E-state index in [2.05, 4.69) is 19.2 Å². The first-order chi connectivity index (χ1) is 7.65. The maximum atomic E-state index is 9.95. The minimum Gasteiger partial charge on any atom is -0.393 e. The molecular formula is C14H25NO. The zero-order chi connectivity index (χ0) is 11.3. The van der Waals surface area contributed by atoms with Crippen LogP contribution in [0.4, 0.5) is 0 Å². The summed E-state index contributed by atoms with van der Waals surface area (Å²) < 4.78 is 0. The highest BCUT2D eigenvalue weighted by Gasteiger charge is 2.53. The maximum absolute atomic E-state index is 9.95. The largest absolute Gasteiger partial charge is 0.393 e. The average Bonchev–Trinajstić information content (AvgIpc) is 2.74. The third-order valence-electron chi connectivity index (χ3n) is 5.29. The lowest BCUT2D eigenvalue weighted by atomic mass is 9.68. The molecule has 3 saturated carbocycles. The number of rotatable bonds is 2. The van der Waals surface area contributed by atoms with Crippen LogP contribution in [0.1, 0.15) is 46.0 Å². The van der Waals surface area contributed by atoms with Crippen LogP contribution in [0.2, 0.25) is 0 Å². The van der Waals surface area contributed by atoms with Crippen LogP contribution >= 0.6 is 0 Å². The van der Waals surface area contributed by atoms with Crippen molar-refractivity contribution >= 4 is 0 Å². The Balaban J connectivity index is 1.64. The van der Waals surface area contributed by atoms with Crippen LogP contribution < -0.4 is 5.32 Å². The quantitative estimate of drug-likeness (QED) is 0.752. The first-order valence-corrected chi connectivity index (χ1v) is 7.09. The second kappa shape index (κ2) is 3.99. The van der Waals surface area contributed by atoms with Crippen molar-refractivity contribution in [1.29, 1.82) is 0 Å².